The van der Waals surface area contributed by atoms with E-state index >= 15 is 0 Å². The van der Waals surface area contributed by atoms with Crippen molar-refractivity contribution in [3.05, 3.63) is 126 Å². The molecule has 1 aliphatic rings. The highest BCUT2D eigenvalue weighted by Gasteiger charge is 2.51. The average molecular weight is 549 g/mol. The molecule has 6 heteroatoms. The number of carbonyl (C=O) groups excluding carboxylic acids is 1. The maximum absolute atomic E-state index is 14.2. The number of aromatic nitrogens is 2. The number of carbonyl (C=O) groups is 1. The minimum Gasteiger partial charge on any atom is -1.00 e. The van der Waals surface area contributed by atoms with Gasteiger partial charge in [0.15, 0.2) is 0 Å². The Morgan fingerprint density at radius 3 is 2.14 bits per heavy atom. The number of nitrogens with two attached hydrogens (primary N) is 1. The van der Waals surface area contributed by atoms with E-state index in [-0.39, 0.29) is 40.7 Å². The van der Waals surface area contributed by atoms with Crippen molar-refractivity contribution in [3.63, 3.8) is 0 Å². The van der Waals surface area contributed by atoms with E-state index < -0.39 is 5.41 Å². The molecule has 0 unspecified atom stereocenters. The molecule has 0 aliphatic heterocycles. The standard InChI is InChI=1S/C30H30FN3O.BrH/c1-22-33(21-23-10-8-9-15-28(23)31)18-19-34(22)27-17-16-26(20-27)30(29(32)35,24-11-4-2-5-12-24)25-13-6-3-7-14-25;/h2-15,18-19,26-27H,16-17,20-21H2,1H3,(H-,32,35);1H/t26-,27+;/m1./s1. The molecule has 0 bridgehead atoms. The number of primary amides is 1. The van der Waals surface area contributed by atoms with Crippen molar-refractivity contribution in [2.24, 2.45) is 11.7 Å². The fourth-order valence-electron chi connectivity index (χ4n) is 6.01. The van der Waals surface area contributed by atoms with Crippen LogP contribution in [0.4, 0.5) is 4.39 Å². The summed E-state index contributed by atoms with van der Waals surface area (Å²) in [4.78, 5) is 13.3. The molecule has 4 aromatic rings. The molecule has 0 saturated heterocycles. The lowest BCUT2D eigenvalue weighted by Gasteiger charge is -2.37. The van der Waals surface area contributed by atoms with Gasteiger partial charge in [0.2, 0.25) is 5.91 Å². The van der Waals surface area contributed by atoms with E-state index in [0.29, 0.717) is 12.1 Å². The molecule has 2 N–H and O–H groups in total. The molecule has 0 spiro atoms. The number of benzene rings is 3. The summed E-state index contributed by atoms with van der Waals surface area (Å²) < 4.78 is 18.6. The smallest absolute Gasteiger partial charge is 0.253 e. The Labute approximate surface area is 222 Å². The van der Waals surface area contributed by atoms with Crippen LogP contribution >= 0.6 is 0 Å². The molecule has 3 aromatic carbocycles. The summed E-state index contributed by atoms with van der Waals surface area (Å²) in [5.74, 6) is 0.643. The first kappa shape index (κ1) is 25.8. The van der Waals surface area contributed by atoms with Crippen LogP contribution in [0.3, 0.4) is 0 Å². The Bertz CT molecular complexity index is 1280. The number of nitrogens with zero attached hydrogens (tertiary/aromatic N) is 2. The molecule has 1 amide bonds. The molecular weight excluding hydrogens is 517 g/mol. The van der Waals surface area contributed by atoms with Crippen LogP contribution in [-0.2, 0) is 16.8 Å². The number of hydrogen-bond donors (Lipinski definition) is 1. The van der Waals surface area contributed by atoms with Crippen LogP contribution in [0.5, 0.6) is 0 Å². The molecule has 1 heterocycles. The molecule has 2 atom stereocenters. The first-order valence-corrected chi connectivity index (χ1v) is 12.2. The fourth-order valence-corrected chi connectivity index (χ4v) is 6.01. The van der Waals surface area contributed by atoms with Gasteiger partial charge in [-0.1, -0.05) is 78.9 Å². The predicted molar refractivity (Wildman–Crippen MR) is 134 cm³/mol. The minimum atomic E-state index is -0.887. The van der Waals surface area contributed by atoms with Crippen LogP contribution in [0.1, 0.15) is 47.8 Å². The molecule has 1 fully saturated rings. The Morgan fingerprint density at radius 2 is 1.56 bits per heavy atom. The average Bonchev–Trinajstić information content (AvgIpc) is 3.49. The van der Waals surface area contributed by atoms with Gasteiger partial charge in [-0.3, -0.25) is 4.79 Å². The molecular formula is C30H31BrFN3O. The predicted octanol–water partition coefficient (Wildman–Crippen LogP) is 2.09. The van der Waals surface area contributed by atoms with Gasteiger partial charge in [-0.15, -0.1) is 0 Å². The summed E-state index contributed by atoms with van der Waals surface area (Å²) in [5.41, 5.74) is 7.93. The zero-order valence-corrected chi connectivity index (χ0v) is 21.9. The van der Waals surface area contributed by atoms with Crippen LogP contribution in [0, 0.1) is 18.7 Å². The van der Waals surface area contributed by atoms with Crippen molar-refractivity contribution in [1.29, 1.82) is 0 Å². The molecule has 1 aromatic heterocycles. The van der Waals surface area contributed by atoms with Crippen molar-refractivity contribution in [1.82, 2.24) is 4.57 Å². The molecule has 1 saturated carbocycles. The quantitative estimate of drug-likeness (QED) is 0.354. The van der Waals surface area contributed by atoms with Crippen molar-refractivity contribution in [2.45, 2.75) is 44.2 Å². The van der Waals surface area contributed by atoms with E-state index in [1.165, 1.54) is 6.07 Å². The van der Waals surface area contributed by atoms with Crippen LogP contribution in [0.25, 0.3) is 0 Å². The first-order chi connectivity index (χ1) is 17.0. The summed E-state index contributed by atoms with van der Waals surface area (Å²) in [7, 11) is 0. The number of imidazole rings is 1. The SMILES string of the molecule is Cc1n([C@H]2CC[C@@H](C(C(N)=O)(c3ccccc3)c3ccccc3)C2)cc[n+]1Cc1ccccc1F.[Br-]. The third-order valence-electron chi connectivity index (χ3n) is 7.75. The largest absolute Gasteiger partial charge is 1.00 e. The highest BCUT2D eigenvalue weighted by atomic mass is 79.9. The fraction of sp³-hybridized carbons (Fsp3) is 0.267. The topological polar surface area (TPSA) is 51.9 Å². The maximum atomic E-state index is 14.2. The first-order valence-electron chi connectivity index (χ1n) is 12.2. The van der Waals surface area contributed by atoms with Crippen LogP contribution in [-0.4, -0.2) is 10.5 Å². The second kappa shape index (κ2) is 10.8. The summed E-state index contributed by atoms with van der Waals surface area (Å²) in [5, 5.41) is 0. The molecule has 1 aliphatic carbocycles. The minimum absolute atomic E-state index is 0. The van der Waals surface area contributed by atoms with Gasteiger partial charge in [0.25, 0.3) is 5.82 Å². The third-order valence-corrected chi connectivity index (χ3v) is 7.75. The zero-order chi connectivity index (χ0) is 24.4. The monoisotopic (exact) mass is 547 g/mol. The van der Waals surface area contributed by atoms with Gasteiger partial charge < -0.3 is 22.7 Å². The van der Waals surface area contributed by atoms with Gasteiger partial charge in [0.1, 0.15) is 36.2 Å². The van der Waals surface area contributed by atoms with Crippen LogP contribution in [0.2, 0.25) is 0 Å². The molecule has 0 radical (unpaired) electrons. The summed E-state index contributed by atoms with van der Waals surface area (Å²) in [6.07, 6.45) is 6.78. The zero-order valence-electron chi connectivity index (χ0n) is 20.4. The summed E-state index contributed by atoms with van der Waals surface area (Å²) in [6.45, 7) is 2.56. The van der Waals surface area contributed by atoms with Gasteiger partial charge in [0, 0.05) is 12.5 Å². The number of hydrogen-bond acceptors (Lipinski definition) is 1. The third kappa shape index (κ3) is 4.50. The van der Waals surface area contributed by atoms with Gasteiger partial charge in [0.05, 0.1) is 0 Å². The van der Waals surface area contributed by atoms with Gasteiger partial charge in [-0.2, -0.15) is 0 Å². The van der Waals surface area contributed by atoms with E-state index in [2.05, 4.69) is 22.3 Å². The van der Waals surface area contributed by atoms with Crippen molar-refractivity contribution in [2.75, 3.05) is 0 Å². The Kier molecular flexibility index (Phi) is 7.74. The summed E-state index contributed by atoms with van der Waals surface area (Å²) in [6, 6.07) is 27.1. The second-order valence-electron chi connectivity index (χ2n) is 9.54. The molecule has 4 nitrogen and oxygen atoms in total. The van der Waals surface area contributed by atoms with Crippen molar-refractivity contribution in [3.8, 4) is 0 Å². The van der Waals surface area contributed by atoms with Crippen molar-refractivity contribution < 1.29 is 30.7 Å². The van der Waals surface area contributed by atoms with Crippen LogP contribution < -0.4 is 27.3 Å². The molecule has 36 heavy (non-hydrogen) atoms. The lowest BCUT2D eigenvalue weighted by atomic mass is 9.64. The van der Waals surface area contributed by atoms with Gasteiger partial charge in [-0.25, -0.2) is 13.5 Å². The van der Waals surface area contributed by atoms with Gasteiger partial charge >= 0.3 is 0 Å². The normalized spacial score (nSPS) is 17.5. The Balaban J connectivity index is 0.00000304. The number of halogens is 2. The van der Waals surface area contributed by atoms with Crippen LogP contribution in [0.15, 0.2) is 97.3 Å². The highest BCUT2D eigenvalue weighted by Crippen LogP contribution is 2.49. The Hall–Kier alpha value is -3.25. The van der Waals surface area contributed by atoms with Crippen molar-refractivity contribution >= 4 is 5.91 Å². The van der Waals surface area contributed by atoms with E-state index in [1.54, 1.807) is 6.07 Å². The highest BCUT2D eigenvalue weighted by molar-refractivity contribution is 5.91. The lowest BCUT2D eigenvalue weighted by Crippen LogP contribution is -3.00. The van der Waals surface area contributed by atoms with E-state index in [1.807, 2.05) is 79.0 Å². The Morgan fingerprint density at radius 1 is 0.972 bits per heavy atom. The van der Waals surface area contributed by atoms with E-state index in [4.69, 9.17) is 5.73 Å². The molecule has 186 valence electrons. The lowest BCUT2D eigenvalue weighted by molar-refractivity contribution is -0.694. The van der Waals surface area contributed by atoms with E-state index in [0.717, 1.165) is 36.2 Å². The number of rotatable bonds is 7. The summed E-state index contributed by atoms with van der Waals surface area (Å²) >= 11 is 0. The second-order valence-corrected chi connectivity index (χ2v) is 9.54. The number of amides is 1. The van der Waals surface area contributed by atoms with E-state index in [9.17, 15) is 9.18 Å². The molecule has 5 rings (SSSR count). The maximum Gasteiger partial charge on any atom is 0.253 e. The van der Waals surface area contributed by atoms with Gasteiger partial charge in [-0.05, 0) is 42.4 Å².